The molecule has 0 atom stereocenters. The van der Waals surface area contributed by atoms with Crippen LogP contribution in [0.15, 0.2) is 39.4 Å². The number of aromatic nitrogens is 1. The lowest BCUT2D eigenvalue weighted by molar-refractivity contribution is 0.490. The Labute approximate surface area is 96.6 Å². The molecule has 0 saturated carbocycles. The molecule has 0 aliphatic carbocycles. The first-order valence-electron chi connectivity index (χ1n) is 4.65. The fourth-order valence-corrected chi connectivity index (χ4v) is 1.47. The second-order valence-corrected chi connectivity index (χ2v) is 4.14. The highest BCUT2D eigenvalue weighted by molar-refractivity contribution is 9.10. The third-order valence-corrected chi connectivity index (χ3v) is 2.44. The Morgan fingerprint density at radius 1 is 1.33 bits per heavy atom. The second-order valence-electron chi connectivity index (χ2n) is 3.23. The van der Waals surface area contributed by atoms with E-state index in [1.54, 1.807) is 6.20 Å². The van der Waals surface area contributed by atoms with Gasteiger partial charge in [-0.1, -0.05) is 0 Å². The van der Waals surface area contributed by atoms with Gasteiger partial charge in [0.25, 0.3) is 0 Å². The zero-order valence-corrected chi connectivity index (χ0v) is 9.91. The van der Waals surface area contributed by atoms with Crippen molar-refractivity contribution in [3.8, 4) is 0 Å². The Bertz CT molecular complexity index is 436. The number of halogens is 1. The first-order chi connectivity index (χ1) is 7.24. The van der Waals surface area contributed by atoms with E-state index in [4.69, 9.17) is 4.42 Å². The Balaban J connectivity index is 1.96. The van der Waals surface area contributed by atoms with Crippen molar-refractivity contribution in [1.29, 1.82) is 0 Å². The molecule has 2 aromatic heterocycles. The lowest BCUT2D eigenvalue weighted by Gasteiger charge is -2.02. The van der Waals surface area contributed by atoms with Crippen LogP contribution >= 0.6 is 15.9 Å². The highest BCUT2D eigenvalue weighted by atomic mass is 79.9. The third kappa shape index (κ3) is 2.83. The summed E-state index contributed by atoms with van der Waals surface area (Å²) >= 11 is 3.34. The van der Waals surface area contributed by atoms with Crippen LogP contribution in [0.2, 0.25) is 0 Å². The largest absolute Gasteiger partial charge is 0.465 e. The van der Waals surface area contributed by atoms with Crippen LogP contribution in [-0.2, 0) is 6.54 Å². The quantitative estimate of drug-likeness (QED) is 0.926. The normalized spacial score (nSPS) is 10.3. The van der Waals surface area contributed by atoms with Gasteiger partial charge in [-0.15, -0.1) is 0 Å². The van der Waals surface area contributed by atoms with E-state index in [1.807, 2.05) is 31.2 Å². The van der Waals surface area contributed by atoms with Crippen molar-refractivity contribution >= 4 is 21.7 Å². The molecule has 0 fully saturated rings. The van der Waals surface area contributed by atoms with Crippen LogP contribution < -0.4 is 5.32 Å². The minimum Gasteiger partial charge on any atom is -0.465 e. The van der Waals surface area contributed by atoms with Gasteiger partial charge >= 0.3 is 0 Å². The molecule has 1 N–H and O–H groups in total. The fraction of sp³-hybridized carbons (Fsp3) is 0.182. The van der Waals surface area contributed by atoms with Gasteiger partial charge in [0, 0.05) is 10.7 Å². The molecule has 0 aromatic carbocycles. The van der Waals surface area contributed by atoms with Crippen LogP contribution in [0.4, 0.5) is 5.82 Å². The topological polar surface area (TPSA) is 38.1 Å². The van der Waals surface area contributed by atoms with E-state index in [1.165, 1.54) is 0 Å². The van der Waals surface area contributed by atoms with Crippen molar-refractivity contribution in [2.45, 2.75) is 13.5 Å². The van der Waals surface area contributed by atoms with Crippen molar-refractivity contribution in [3.63, 3.8) is 0 Å². The van der Waals surface area contributed by atoms with Crippen molar-refractivity contribution in [2.75, 3.05) is 5.32 Å². The number of anilines is 1. The molecule has 15 heavy (non-hydrogen) atoms. The minimum absolute atomic E-state index is 0.655. The maximum absolute atomic E-state index is 5.43. The summed E-state index contributed by atoms with van der Waals surface area (Å²) < 4.78 is 6.40. The van der Waals surface area contributed by atoms with Crippen molar-refractivity contribution in [1.82, 2.24) is 4.98 Å². The summed E-state index contributed by atoms with van der Waals surface area (Å²) in [6.07, 6.45) is 1.76. The highest BCUT2D eigenvalue weighted by Gasteiger charge is 1.98. The van der Waals surface area contributed by atoms with Crippen LogP contribution in [0.5, 0.6) is 0 Å². The van der Waals surface area contributed by atoms with E-state index >= 15 is 0 Å². The van der Waals surface area contributed by atoms with E-state index in [0.29, 0.717) is 6.54 Å². The molecule has 0 bridgehead atoms. The summed E-state index contributed by atoms with van der Waals surface area (Å²) in [7, 11) is 0. The average molecular weight is 267 g/mol. The van der Waals surface area contributed by atoms with Crippen molar-refractivity contribution in [3.05, 3.63) is 46.5 Å². The van der Waals surface area contributed by atoms with E-state index in [2.05, 4.69) is 26.2 Å². The summed E-state index contributed by atoms with van der Waals surface area (Å²) in [5.74, 6) is 2.68. The molecule has 3 nitrogen and oxygen atoms in total. The zero-order valence-electron chi connectivity index (χ0n) is 8.33. The summed E-state index contributed by atoms with van der Waals surface area (Å²) in [4.78, 5) is 4.20. The number of nitrogens with zero attached hydrogens (tertiary/aromatic N) is 1. The number of nitrogens with one attached hydrogen (secondary N) is 1. The number of aryl methyl sites for hydroxylation is 1. The lowest BCUT2D eigenvalue weighted by atomic mass is 10.4. The molecule has 0 unspecified atom stereocenters. The Morgan fingerprint density at radius 2 is 2.20 bits per heavy atom. The molecule has 78 valence electrons. The summed E-state index contributed by atoms with van der Waals surface area (Å²) in [5, 5.41) is 3.18. The first kappa shape index (κ1) is 10.2. The van der Waals surface area contributed by atoms with Crippen molar-refractivity contribution in [2.24, 2.45) is 0 Å². The van der Waals surface area contributed by atoms with E-state index in [0.717, 1.165) is 21.8 Å². The van der Waals surface area contributed by atoms with E-state index < -0.39 is 0 Å². The predicted octanol–water partition coefficient (Wildman–Crippen LogP) is 3.36. The van der Waals surface area contributed by atoms with Gasteiger partial charge in [-0.25, -0.2) is 4.98 Å². The lowest BCUT2D eigenvalue weighted by Crippen LogP contribution is -1.99. The van der Waals surface area contributed by atoms with Gasteiger partial charge in [-0.05, 0) is 47.1 Å². The fourth-order valence-electron chi connectivity index (χ4n) is 1.24. The van der Waals surface area contributed by atoms with Crippen LogP contribution in [0.25, 0.3) is 0 Å². The highest BCUT2D eigenvalue weighted by Crippen LogP contribution is 2.12. The smallest absolute Gasteiger partial charge is 0.126 e. The first-order valence-corrected chi connectivity index (χ1v) is 5.44. The second kappa shape index (κ2) is 4.49. The number of rotatable bonds is 3. The van der Waals surface area contributed by atoms with Gasteiger partial charge in [0.2, 0.25) is 0 Å². The zero-order chi connectivity index (χ0) is 10.7. The maximum Gasteiger partial charge on any atom is 0.126 e. The third-order valence-electron chi connectivity index (χ3n) is 1.97. The molecule has 0 saturated heterocycles. The summed E-state index contributed by atoms with van der Waals surface area (Å²) in [6.45, 7) is 2.59. The molecular formula is C11H11BrN2O. The van der Waals surface area contributed by atoms with Crippen LogP contribution in [0.3, 0.4) is 0 Å². The molecule has 0 radical (unpaired) electrons. The van der Waals surface area contributed by atoms with Gasteiger partial charge < -0.3 is 9.73 Å². The Kier molecular flexibility index (Phi) is 3.06. The van der Waals surface area contributed by atoms with Crippen LogP contribution in [0, 0.1) is 6.92 Å². The van der Waals surface area contributed by atoms with Crippen molar-refractivity contribution < 1.29 is 4.42 Å². The molecule has 0 amide bonds. The number of furan rings is 1. The monoisotopic (exact) mass is 266 g/mol. The van der Waals surface area contributed by atoms with E-state index in [-0.39, 0.29) is 0 Å². The molecule has 2 rings (SSSR count). The van der Waals surface area contributed by atoms with Gasteiger partial charge in [-0.2, -0.15) is 0 Å². The molecule has 2 heterocycles. The van der Waals surface area contributed by atoms with E-state index in [9.17, 15) is 0 Å². The predicted molar refractivity (Wildman–Crippen MR) is 62.7 cm³/mol. The molecule has 0 aliphatic rings. The Morgan fingerprint density at radius 3 is 2.80 bits per heavy atom. The number of hydrogen-bond acceptors (Lipinski definition) is 3. The van der Waals surface area contributed by atoms with Crippen LogP contribution in [0.1, 0.15) is 11.5 Å². The molecule has 0 spiro atoms. The summed E-state index contributed by atoms with van der Waals surface area (Å²) in [6, 6.07) is 7.77. The average Bonchev–Trinajstić information content (AvgIpc) is 2.64. The summed E-state index contributed by atoms with van der Waals surface area (Å²) in [5.41, 5.74) is 0. The Hall–Kier alpha value is -1.29. The molecule has 4 heteroatoms. The van der Waals surface area contributed by atoms with Crippen LogP contribution in [-0.4, -0.2) is 4.98 Å². The maximum atomic E-state index is 5.43. The SMILES string of the molecule is Cc1ccc(CNc2ccc(Br)cn2)o1. The number of pyridine rings is 1. The molecular weight excluding hydrogens is 256 g/mol. The number of hydrogen-bond donors (Lipinski definition) is 1. The van der Waals surface area contributed by atoms with Gasteiger partial charge in [0.15, 0.2) is 0 Å². The van der Waals surface area contributed by atoms with Gasteiger partial charge in [0.05, 0.1) is 6.54 Å². The van der Waals surface area contributed by atoms with Gasteiger partial charge in [0.1, 0.15) is 17.3 Å². The minimum atomic E-state index is 0.655. The standard InChI is InChI=1S/C11H11BrN2O/c1-8-2-4-10(15-8)7-14-11-5-3-9(12)6-13-11/h2-6H,7H2,1H3,(H,13,14). The van der Waals surface area contributed by atoms with Gasteiger partial charge in [-0.3, -0.25) is 0 Å². The molecule has 2 aromatic rings. The molecule has 0 aliphatic heterocycles.